The minimum Gasteiger partial charge on any atom is -0.384 e. The van der Waals surface area contributed by atoms with E-state index in [9.17, 15) is 0 Å². The van der Waals surface area contributed by atoms with Crippen LogP contribution in [0.15, 0.2) is 63.8 Å². The van der Waals surface area contributed by atoms with Gasteiger partial charge < -0.3 is 17.2 Å². The molecule has 0 radical (unpaired) electrons. The van der Waals surface area contributed by atoms with Crippen molar-refractivity contribution in [2.24, 2.45) is 32.5 Å². The first-order chi connectivity index (χ1) is 12.5. The third-order valence-corrected chi connectivity index (χ3v) is 3.16. The molecule has 2 rings (SSSR count). The van der Waals surface area contributed by atoms with Gasteiger partial charge in [-0.15, -0.1) is 42.3 Å². The second kappa shape index (κ2) is 13.9. The van der Waals surface area contributed by atoms with Gasteiger partial charge in [-0.1, -0.05) is 36.4 Å². The van der Waals surface area contributed by atoms with E-state index in [1.54, 1.807) is 42.5 Å². The highest BCUT2D eigenvalue weighted by Gasteiger charge is 1.97. The zero-order valence-corrected chi connectivity index (χ0v) is 17.5. The standard InChI is InChI=1S/C17H19N9.3ClH/c18-15(19)13-5-1-3-11(7-13)9-23-25-17(22)26-24-10-12-4-2-6-14(8-12)16(20)21;;;/h1-10H,(H3,18,19)(H3,20,21)(H3,22,25,26);3*1H/b23-9+,24-10+;;;. The molecule has 0 aliphatic heterocycles. The van der Waals surface area contributed by atoms with Crippen molar-refractivity contribution in [2.45, 2.75) is 0 Å². The molecule has 2 aromatic carbocycles. The smallest absolute Gasteiger partial charge is 0.234 e. The van der Waals surface area contributed by atoms with E-state index in [4.69, 9.17) is 28.0 Å². The van der Waals surface area contributed by atoms with E-state index in [0.717, 1.165) is 11.1 Å². The van der Waals surface area contributed by atoms with Crippen molar-refractivity contribution in [1.29, 1.82) is 10.8 Å². The predicted molar refractivity (Wildman–Crippen MR) is 127 cm³/mol. The Morgan fingerprint density at radius 1 is 0.793 bits per heavy atom. The van der Waals surface area contributed by atoms with Crippen LogP contribution in [0.4, 0.5) is 0 Å². The normalized spacial score (nSPS) is 10.6. The number of hydrogen-bond donors (Lipinski definition) is 6. The van der Waals surface area contributed by atoms with E-state index in [2.05, 4.69) is 20.7 Å². The summed E-state index contributed by atoms with van der Waals surface area (Å²) in [4.78, 5) is 0. The van der Waals surface area contributed by atoms with Crippen LogP contribution in [0.1, 0.15) is 22.3 Å². The average Bonchev–Trinajstić information content (AvgIpc) is 2.62. The van der Waals surface area contributed by atoms with Crippen LogP contribution in [-0.2, 0) is 0 Å². The topological polar surface area (TPSA) is 175 Å². The van der Waals surface area contributed by atoms with Gasteiger partial charge in [0.25, 0.3) is 0 Å². The summed E-state index contributed by atoms with van der Waals surface area (Å²) in [6.45, 7) is 0. The van der Waals surface area contributed by atoms with Crippen LogP contribution in [0.3, 0.4) is 0 Å². The maximum atomic E-state index is 7.40. The van der Waals surface area contributed by atoms with Gasteiger partial charge >= 0.3 is 0 Å². The van der Waals surface area contributed by atoms with Gasteiger partial charge in [0, 0.05) is 11.1 Å². The molecule has 0 atom stereocenters. The molecule has 0 aliphatic rings. The lowest BCUT2D eigenvalue weighted by atomic mass is 10.1. The van der Waals surface area contributed by atoms with Crippen LogP contribution in [0.5, 0.6) is 0 Å². The fourth-order valence-corrected chi connectivity index (χ4v) is 1.93. The molecule has 0 heterocycles. The highest BCUT2D eigenvalue weighted by Crippen LogP contribution is 2.03. The average molecular weight is 459 g/mol. The molecule has 29 heavy (non-hydrogen) atoms. The van der Waals surface area contributed by atoms with Crippen molar-refractivity contribution < 1.29 is 0 Å². The summed E-state index contributed by atoms with van der Waals surface area (Å²) in [5.74, 6) is -0.0338. The fraction of sp³-hybridized carbons (Fsp3) is 0. The zero-order chi connectivity index (χ0) is 18.9. The van der Waals surface area contributed by atoms with Gasteiger partial charge in [-0.05, 0) is 23.3 Å². The SMILES string of the molecule is Cl.Cl.Cl.N=C(N)c1cccc(/C=N/N=C(N)N/N=C/c2cccc(C(=N)N)c2)c1. The lowest BCUT2D eigenvalue weighted by molar-refractivity contribution is 0.994. The number of hydrazone groups is 1. The Hall–Kier alpha value is -3.14. The number of nitrogens with one attached hydrogen (secondary N) is 3. The van der Waals surface area contributed by atoms with Crippen molar-refractivity contribution in [1.82, 2.24) is 5.43 Å². The highest BCUT2D eigenvalue weighted by molar-refractivity contribution is 5.97. The van der Waals surface area contributed by atoms with Crippen molar-refractivity contribution in [3.8, 4) is 0 Å². The molecular weight excluding hydrogens is 437 g/mol. The molecule has 156 valence electrons. The van der Waals surface area contributed by atoms with Crippen LogP contribution in [0, 0.1) is 10.8 Å². The second-order valence-electron chi connectivity index (χ2n) is 5.18. The van der Waals surface area contributed by atoms with Crippen molar-refractivity contribution in [2.75, 3.05) is 0 Å². The number of nitrogen functional groups attached to an aromatic ring is 2. The van der Waals surface area contributed by atoms with Gasteiger partial charge in [-0.2, -0.15) is 10.2 Å². The van der Waals surface area contributed by atoms with Gasteiger partial charge in [0.15, 0.2) is 0 Å². The van der Waals surface area contributed by atoms with Crippen LogP contribution in [-0.4, -0.2) is 30.1 Å². The van der Waals surface area contributed by atoms with Crippen LogP contribution in [0.25, 0.3) is 0 Å². The third-order valence-electron chi connectivity index (χ3n) is 3.16. The van der Waals surface area contributed by atoms with Gasteiger partial charge in [-0.3, -0.25) is 10.8 Å². The Balaban J connectivity index is 0. The number of benzene rings is 2. The lowest BCUT2D eigenvalue weighted by Gasteiger charge is -2.00. The number of hydrogen-bond acceptors (Lipinski definition) is 5. The monoisotopic (exact) mass is 457 g/mol. The van der Waals surface area contributed by atoms with E-state index in [-0.39, 0.29) is 54.9 Å². The number of halogens is 3. The first-order valence-corrected chi connectivity index (χ1v) is 7.50. The van der Waals surface area contributed by atoms with E-state index in [1.165, 1.54) is 12.4 Å². The van der Waals surface area contributed by atoms with Crippen molar-refractivity contribution >= 4 is 67.3 Å². The van der Waals surface area contributed by atoms with E-state index < -0.39 is 0 Å². The van der Waals surface area contributed by atoms with E-state index in [0.29, 0.717) is 11.1 Å². The Morgan fingerprint density at radius 2 is 1.28 bits per heavy atom. The van der Waals surface area contributed by atoms with Crippen molar-refractivity contribution in [3.63, 3.8) is 0 Å². The summed E-state index contributed by atoms with van der Waals surface area (Å²) < 4.78 is 0. The third kappa shape index (κ3) is 9.56. The Labute approximate surface area is 186 Å². The van der Waals surface area contributed by atoms with Gasteiger partial charge in [0.2, 0.25) is 5.96 Å². The van der Waals surface area contributed by atoms with Crippen LogP contribution < -0.4 is 22.6 Å². The molecule has 0 bridgehead atoms. The molecular formula is C17H22Cl3N9. The quantitative estimate of drug-likeness (QED) is 0.220. The fourth-order valence-electron chi connectivity index (χ4n) is 1.93. The molecule has 0 saturated heterocycles. The molecule has 12 heteroatoms. The molecule has 0 unspecified atom stereocenters. The molecule has 0 fully saturated rings. The van der Waals surface area contributed by atoms with Crippen LogP contribution >= 0.6 is 37.2 Å². The van der Waals surface area contributed by atoms with Crippen LogP contribution in [0.2, 0.25) is 0 Å². The molecule has 0 saturated carbocycles. The number of nitrogens with two attached hydrogens (primary N) is 3. The number of guanidine groups is 1. The maximum absolute atomic E-state index is 7.40. The number of nitrogens with zero attached hydrogens (tertiary/aromatic N) is 3. The highest BCUT2D eigenvalue weighted by atomic mass is 35.5. The predicted octanol–water partition coefficient (Wildman–Crippen LogP) is 1.79. The summed E-state index contributed by atoms with van der Waals surface area (Å²) in [6.07, 6.45) is 3.01. The Morgan fingerprint density at radius 3 is 1.76 bits per heavy atom. The molecule has 0 aliphatic carbocycles. The molecule has 2 aromatic rings. The summed E-state index contributed by atoms with van der Waals surface area (Å²) in [5, 5.41) is 26.4. The summed E-state index contributed by atoms with van der Waals surface area (Å²) in [6, 6.07) is 14.1. The summed E-state index contributed by atoms with van der Waals surface area (Å²) >= 11 is 0. The number of amidine groups is 2. The first-order valence-electron chi connectivity index (χ1n) is 7.50. The molecule has 9 nitrogen and oxygen atoms in total. The van der Waals surface area contributed by atoms with Gasteiger partial charge in [0.05, 0.1) is 12.4 Å². The first kappa shape index (κ1) is 28.1. The summed E-state index contributed by atoms with van der Waals surface area (Å²) in [7, 11) is 0. The van der Waals surface area contributed by atoms with Gasteiger partial charge in [0.1, 0.15) is 11.7 Å². The molecule has 9 N–H and O–H groups in total. The molecule has 0 aromatic heterocycles. The minimum absolute atomic E-state index is 0. The molecule has 0 spiro atoms. The molecule has 0 amide bonds. The lowest BCUT2D eigenvalue weighted by Crippen LogP contribution is -2.26. The Kier molecular flexibility index (Phi) is 13.5. The zero-order valence-electron chi connectivity index (χ0n) is 15.1. The Bertz CT molecular complexity index is 911. The minimum atomic E-state index is -0.0203. The number of rotatable bonds is 6. The largest absolute Gasteiger partial charge is 0.384 e. The maximum Gasteiger partial charge on any atom is 0.234 e. The summed E-state index contributed by atoms with van der Waals surface area (Å²) in [5.41, 5.74) is 21.8. The van der Waals surface area contributed by atoms with Crippen molar-refractivity contribution in [3.05, 3.63) is 70.8 Å². The van der Waals surface area contributed by atoms with E-state index in [1.807, 2.05) is 6.07 Å². The van der Waals surface area contributed by atoms with E-state index >= 15 is 0 Å². The second-order valence-corrected chi connectivity index (χ2v) is 5.18. The van der Waals surface area contributed by atoms with Gasteiger partial charge in [-0.25, -0.2) is 5.43 Å².